The molecule has 20 heavy (non-hydrogen) atoms. The third-order valence-corrected chi connectivity index (χ3v) is 3.85. The molecule has 1 aromatic heterocycles. The van der Waals surface area contributed by atoms with Crippen LogP contribution in [0.2, 0.25) is 0 Å². The average molecular weight is 299 g/mol. The smallest absolute Gasteiger partial charge is 0.233 e. The molecule has 0 radical (unpaired) electrons. The standard InChI is InChI=1S/C12H21N5O2S/c1-4-7-14-11(19)8(2)20-12-16-15-10(17(12)3)6-5-9(13)18/h8H,4-7H2,1-3H3,(H2,13,18)(H,14,19)/t8-/m0/s1. The summed E-state index contributed by atoms with van der Waals surface area (Å²) in [4.78, 5) is 22.6. The van der Waals surface area contributed by atoms with Crippen LogP contribution < -0.4 is 11.1 Å². The normalized spacial score (nSPS) is 12.2. The maximum Gasteiger partial charge on any atom is 0.233 e. The Balaban J connectivity index is 2.59. The molecular formula is C12H21N5O2S. The molecule has 0 saturated heterocycles. The molecule has 0 aliphatic carbocycles. The molecule has 0 bridgehead atoms. The number of amides is 2. The van der Waals surface area contributed by atoms with Gasteiger partial charge in [-0.1, -0.05) is 18.7 Å². The second kappa shape index (κ2) is 7.88. The highest BCUT2D eigenvalue weighted by atomic mass is 32.2. The molecular weight excluding hydrogens is 278 g/mol. The summed E-state index contributed by atoms with van der Waals surface area (Å²) in [6, 6.07) is 0. The number of thioether (sulfide) groups is 1. The monoisotopic (exact) mass is 299 g/mol. The van der Waals surface area contributed by atoms with E-state index in [1.54, 1.807) is 4.57 Å². The van der Waals surface area contributed by atoms with E-state index in [4.69, 9.17) is 5.73 Å². The van der Waals surface area contributed by atoms with Crippen molar-refractivity contribution in [2.45, 2.75) is 43.5 Å². The number of aromatic nitrogens is 3. The van der Waals surface area contributed by atoms with E-state index in [0.29, 0.717) is 23.9 Å². The van der Waals surface area contributed by atoms with Crippen molar-refractivity contribution in [3.63, 3.8) is 0 Å². The van der Waals surface area contributed by atoms with Gasteiger partial charge in [-0.25, -0.2) is 0 Å². The zero-order valence-corrected chi connectivity index (χ0v) is 12.9. The summed E-state index contributed by atoms with van der Waals surface area (Å²) in [5, 5.41) is 11.3. The molecule has 3 N–H and O–H groups in total. The van der Waals surface area contributed by atoms with Crippen LogP contribution in [0.15, 0.2) is 5.16 Å². The molecule has 1 heterocycles. The van der Waals surface area contributed by atoms with Crippen molar-refractivity contribution in [2.75, 3.05) is 6.54 Å². The number of rotatable bonds is 8. The lowest BCUT2D eigenvalue weighted by molar-refractivity contribution is -0.120. The third kappa shape index (κ3) is 4.84. The number of nitrogens with zero attached hydrogens (tertiary/aromatic N) is 3. The van der Waals surface area contributed by atoms with Crippen molar-refractivity contribution in [1.82, 2.24) is 20.1 Å². The van der Waals surface area contributed by atoms with Crippen LogP contribution in [-0.4, -0.2) is 38.4 Å². The molecule has 0 aliphatic rings. The number of carbonyl (C=O) groups excluding carboxylic acids is 2. The molecule has 0 spiro atoms. The number of hydrogen-bond acceptors (Lipinski definition) is 5. The minimum atomic E-state index is -0.366. The lowest BCUT2D eigenvalue weighted by Gasteiger charge is -2.10. The van der Waals surface area contributed by atoms with Crippen molar-refractivity contribution in [2.24, 2.45) is 12.8 Å². The van der Waals surface area contributed by atoms with Gasteiger partial charge in [0.25, 0.3) is 0 Å². The van der Waals surface area contributed by atoms with E-state index in [9.17, 15) is 9.59 Å². The second-order valence-electron chi connectivity index (χ2n) is 4.48. The lowest BCUT2D eigenvalue weighted by atomic mass is 10.3. The Kier molecular flexibility index (Phi) is 6.50. The minimum absolute atomic E-state index is 0.0152. The Morgan fingerprint density at radius 2 is 2.15 bits per heavy atom. The highest BCUT2D eigenvalue weighted by Crippen LogP contribution is 2.21. The molecule has 1 rings (SSSR count). The number of carbonyl (C=O) groups is 2. The number of hydrogen-bond donors (Lipinski definition) is 2. The SMILES string of the molecule is CCCNC(=O)[C@H](C)Sc1nnc(CCC(N)=O)n1C. The highest BCUT2D eigenvalue weighted by Gasteiger charge is 2.18. The topological polar surface area (TPSA) is 103 Å². The van der Waals surface area contributed by atoms with Gasteiger partial charge >= 0.3 is 0 Å². The lowest BCUT2D eigenvalue weighted by Crippen LogP contribution is -2.31. The van der Waals surface area contributed by atoms with Crippen LogP contribution in [0.1, 0.15) is 32.5 Å². The molecule has 1 atom stereocenters. The van der Waals surface area contributed by atoms with E-state index in [1.165, 1.54) is 11.8 Å². The van der Waals surface area contributed by atoms with Gasteiger partial charge in [0.1, 0.15) is 5.82 Å². The Labute approximate surface area is 122 Å². The molecule has 8 heteroatoms. The fourth-order valence-corrected chi connectivity index (χ4v) is 2.36. The third-order valence-electron chi connectivity index (χ3n) is 2.72. The van der Waals surface area contributed by atoms with Gasteiger partial charge in [0, 0.05) is 26.4 Å². The van der Waals surface area contributed by atoms with Gasteiger partial charge in [0.2, 0.25) is 11.8 Å². The van der Waals surface area contributed by atoms with Crippen LogP contribution in [0.4, 0.5) is 0 Å². The average Bonchev–Trinajstić information content (AvgIpc) is 2.74. The number of primary amides is 1. The van der Waals surface area contributed by atoms with Gasteiger partial charge in [-0.15, -0.1) is 10.2 Å². The van der Waals surface area contributed by atoms with Crippen LogP contribution >= 0.6 is 11.8 Å². The molecule has 7 nitrogen and oxygen atoms in total. The van der Waals surface area contributed by atoms with Gasteiger partial charge in [0.15, 0.2) is 5.16 Å². The minimum Gasteiger partial charge on any atom is -0.370 e. The van der Waals surface area contributed by atoms with Crippen molar-refractivity contribution >= 4 is 23.6 Å². The summed E-state index contributed by atoms with van der Waals surface area (Å²) in [7, 11) is 1.81. The predicted octanol–water partition coefficient (Wildman–Crippen LogP) is 0.240. The molecule has 2 amide bonds. The van der Waals surface area contributed by atoms with E-state index in [1.807, 2.05) is 20.9 Å². The van der Waals surface area contributed by atoms with Crippen LogP contribution in [-0.2, 0) is 23.1 Å². The predicted molar refractivity (Wildman–Crippen MR) is 77.1 cm³/mol. The molecule has 0 unspecified atom stereocenters. The Morgan fingerprint density at radius 1 is 1.45 bits per heavy atom. The molecule has 0 saturated carbocycles. The zero-order valence-electron chi connectivity index (χ0n) is 12.0. The summed E-state index contributed by atoms with van der Waals surface area (Å²) < 4.78 is 1.79. The first kappa shape index (κ1) is 16.5. The fraction of sp³-hybridized carbons (Fsp3) is 0.667. The van der Waals surface area contributed by atoms with Crippen LogP contribution in [0, 0.1) is 0 Å². The van der Waals surface area contributed by atoms with Crippen molar-refractivity contribution in [3.8, 4) is 0 Å². The molecule has 112 valence electrons. The summed E-state index contributed by atoms with van der Waals surface area (Å²) in [5.41, 5.74) is 5.11. The first-order valence-corrected chi connectivity index (χ1v) is 7.44. The van der Waals surface area contributed by atoms with Crippen LogP contribution in [0.3, 0.4) is 0 Å². The maximum absolute atomic E-state index is 11.8. The van der Waals surface area contributed by atoms with E-state index in [0.717, 1.165) is 6.42 Å². The maximum atomic E-state index is 11.8. The summed E-state index contributed by atoms with van der Waals surface area (Å²) in [6.45, 7) is 4.51. The van der Waals surface area contributed by atoms with Gasteiger partial charge < -0.3 is 15.6 Å². The van der Waals surface area contributed by atoms with Gasteiger partial charge in [-0.2, -0.15) is 0 Å². The summed E-state index contributed by atoms with van der Waals surface area (Å²) in [5.74, 6) is 0.306. The number of nitrogens with two attached hydrogens (primary N) is 1. The fourth-order valence-electron chi connectivity index (χ4n) is 1.50. The second-order valence-corrected chi connectivity index (χ2v) is 5.78. The summed E-state index contributed by atoms with van der Waals surface area (Å²) in [6.07, 6.45) is 1.60. The van der Waals surface area contributed by atoms with Crippen molar-refractivity contribution in [1.29, 1.82) is 0 Å². The van der Waals surface area contributed by atoms with Crippen LogP contribution in [0.25, 0.3) is 0 Å². The number of aryl methyl sites for hydroxylation is 1. The van der Waals surface area contributed by atoms with Crippen molar-refractivity contribution < 1.29 is 9.59 Å². The van der Waals surface area contributed by atoms with E-state index in [2.05, 4.69) is 15.5 Å². The first-order chi connectivity index (χ1) is 9.45. The van der Waals surface area contributed by atoms with Crippen LogP contribution in [0.5, 0.6) is 0 Å². The summed E-state index contributed by atoms with van der Waals surface area (Å²) >= 11 is 1.34. The molecule has 0 aromatic carbocycles. The molecule has 1 aromatic rings. The van der Waals surface area contributed by atoms with E-state index < -0.39 is 0 Å². The quantitative estimate of drug-likeness (QED) is 0.669. The Bertz CT molecular complexity index is 474. The van der Waals surface area contributed by atoms with Gasteiger partial charge in [0.05, 0.1) is 5.25 Å². The molecule has 0 fully saturated rings. The Morgan fingerprint density at radius 3 is 2.75 bits per heavy atom. The zero-order chi connectivity index (χ0) is 15.1. The van der Waals surface area contributed by atoms with Gasteiger partial charge in [-0.3, -0.25) is 9.59 Å². The number of nitrogens with one attached hydrogen (secondary N) is 1. The first-order valence-electron chi connectivity index (χ1n) is 6.56. The Hall–Kier alpha value is -1.57. The molecule has 0 aliphatic heterocycles. The van der Waals surface area contributed by atoms with E-state index >= 15 is 0 Å². The van der Waals surface area contributed by atoms with E-state index in [-0.39, 0.29) is 23.5 Å². The van der Waals surface area contributed by atoms with Crippen molar-refractivity contribution in [3.05, 3.63) is 5.82 Å². The van der Waals surface area contributed by atoms with Gasteiger partial charge in [-0.05, 0) is 13.3 Å². The highest BCUT2D eigenvalue weighted by molar-refractivity contribution is 8.00. The largest absolute Gasteiger partial charge is 0.370 e.